The van der Waals surface area contributed by atoms with Gasteiger partial charge in [-0.3, -0.25) is 0 Å². The van der Waals surface area contributed by atoms with Crippen LogP contribution in [-0.2, 0) is 27.7 Å². The molecule has 1 fully saturated rings. The normalized spacial score (nSPS) is 13.0. The van der Waals surface area contributed by atoms with E-state index in [0.29, 0.717) is 17.3 Å². The van der Waals surface area contributed by atoms with E-state index >= 15 is 0 Å². The number of halogens is 2. The van der Waals surface area contributed by atoms with Crippen molar-refractivity contribution >= 4 is 38.7 Å². The number of carbonyl (C=O) groups is 1. The van der Waals surface area contributed by atoms with E-state index in [4.69, 9.17) is 9.88 Å². The molecule has 0 amide bonds. The number of nitrogens with two attached hydrogens (primary N) is 1. The molecule has 0 unspecified atom stereocenters. The van der Waals surface area contributed by atoms with E-state index in [0.717, 1.165) is 57.9 Å². The molecule has 0 aliphatic heterocycles. The number of hydrogen-bond acceptors (Lipinski definition) is 7. The van der Waals surface area contributed by atoms with Gasteiger partial charge in [-0.2, -0.15) is 0 Å². The summed E-state index contributed by atoms with van der Waals surface area (Å²) in [5, 5.41) is 7.34. The van der Waals surface area contributed by atoms with Gasteiger partial charge in [-0.15, -0.1) is 22.7 Å². The molecule has 0 bridgehead atoms. The second kappa shape index (κ2) is 12.9. The smallest absolute Gasteiger partial charge is 0.357 e. The van der Waals surface area contributed by atoms with Crippen LogP contribution in [0, 0.1) is 36.3 Å². The highest BCUT2D eigenvalue weighted by Crippen LogP contribution is 2.41. The van der Waals surface area contributed by atoms with Gasteiger partial charge in [0.25, 0.3) is 0 Å². The number of thiazole rings is 1. The van der Waals surface area contributed by atoms with E-state index in [1.807, 2.05) is 54.0 Å². The second-order valence-corrected chi connectivity index (χ2v) is 14.7. The van der Waals surface area contributed by atoms with Crippen molar-refractivity contribution in [2.75, 3.05) is 6.61 Å². The molecule has 0 saturated heterocycles. The van der Waals surface area contributed by atoms with Crippen LogP contribution >= 0.6 is 22.7 Å². The Bertz CT molecular complexity index is 2110. The summed E-state index contributed by atoms with van der Waals surface area (Å²) < 4.78 is 60.7. The summed E-state index contributed by atoms with van der Waals surface area (Å²) in [7, 11) is -4.60. The molecule has 1 aliphatic carbocycles. The van der Waals surface area contributed by atoms with Crippen LogP contribution in [0.1, 0.15) is 56.8 Å². The topological polar surface area (TPSA) is 104 Å². The average Bonchev–Trinajstić information content (AvgIpc) is 3.34. The first-order chi connectivity index (χ1) is 22.0. The molecule has 5 aromatic rings. The third-order valence-corrected chi connectivity index (χ3v) is 10.3. The van der Waals surface area contributed by atoms with Gasteiger partial charge in [0.1, 0.15) is 16.6 Å². The lowest BCUT2D eigenvalue weighted by atomic mass is 10.1. The average molecular weight is 678 g/mol. The predicted octanol–water partition coefficient (Wildman–Crippen LogP) is 7.15. The SMILES string of the molecule is CCOC(=O)c1csc(-c2cc(-c3cccc(C#Cc4ccc(C)s4)c3)n(Cc3cc(F)c(S(N)(=O)=O)c(F)c3)c2CC2CC2)n1. The number of esters is 1. The van der Waals surface area contributed by atoms with Crippen molar-refractivity contribution in [1.82, 2.24) is 9.55 Å². The Kier molecular flexibility index (Phi) is 8.94. The molecule has 46 heavy (non-hydrogen) atoms. The number of aryl methyl sites for hydroxylation is 1. The molecule has 7 nitrogen and oxygen atoms in total. The summed E-state index contributed by atoms with van der Waals surface area (Å²) in [5.41, 5.74) is 4.48. The van der Waals surface area contributed by atoms with Crippen LogP contribution in [0.4, 0.5) is 8.78 Å². The van der Waals surface area contributed by atoms with E-state index < -0.39 is 32.5 Å². The van der Waals surface area contributed by atoms with E-state index in [-0.39, 0.29) is 24.4 Å². The summed E-state index contributed by atoms with van der Waals surface area (Å²) in [4.78, 5) is 18.0. The molecule has 12 heteroatoms. The molecular weight excluding hydrogens is 649 g/mol. The summed E-state index contributed by atoms with van der Waals surface area (Å²) in [6.45, 7) is 4.02. The third kappa shape index (κ3) is 6.98. The number of benzene rings is 2. The lowest BCUT2D eigenvalue weighted by Gasteiger charge is -2.16. The van der Waals surface area contributed by atoms with Crippen molar-refractivity contribution in [3.05, 3.63) is 104 Å². The second-order valence-electron chi connectivity index (χ2n) is 11.1. The third-order valence-electron chi connectivity index (χ3n) is 7.52. The first kappa shape index (κ1) is 31.8. The van der Waals surface area contributed by atoms with Gasteiger partial charge in [-0.05, 0) is 92.6 Å². The molecule has 3 heterocycles. The molecule has 0 atom stereocenters. The number of primary sulfonamides is 1. The van der Waals surface area contributed by atoms with Crippen LogP contribution in [-0.4, -0.2) is 30.5 Å². The lowest BCUT2D eigenvalue weighted by Crippen LogP contribution is -2.17. The molecule has 2 aromatic carbocycles. The molecule has 1 aliphatic rings. The van der Waals surface area contributed by atoms with Gasteiger partial charge in [0.05, 0.1) is 11.5 Å². The fourth-order valence-corrected chi connectivity index (χ4v) is 7.46. The number of thiophene rings is 1. The summed E-state index contributed by atoms with van der Waals surface area (Å²) in [5.74, 6) is 3.85. The predicted molar refractivity (Wildman–Crippen MR) is 175 cm³/mol. The fraction of sp³-hybridized carbons (Fsp3) is 0.235. The van der Waals surface area contributed by atoms with Crippen molar-refractivity contribution in [2.45, 2.75) is 44.6 Å². The van der Waals surface area contributed by atoms with Gasteiger partial charge < -0.3 is 9.30 Å². The maximum absolute atomic E-state index is 15.0. The maximum Gasteiger partial charge on any atom is 0.357 e. The maximum atomic E-state index is 15.0. The number of nitrogens with zero attached hydrogens (tertiary/aromatic N) is 2. The Balaban J connectivity index is 1.50. The highest BCUT2D eigenvalue weighted by Gasteiger charge is 2.29. The monoisotopic (exact) mass is 677 g/mol. The zero-order valence-corrected chi connectivity index (χ0v) is 27.4. The minimum atomic E-state index is -4.60. The van der Waals surface area contributed by atoms with Gasteiger partial charge >= 0.3 is 5.97 Å². The number of aromatic nitrogens is 2. The van der Waals surface area contributed by atoms with E-state index in [9.17, 15) is 22.0 Å². The Morgan fingerprint density at radius 3 is 2.52 bits per heavy atom. The minimum Gasteiger partial charge on any atom is -0.461 e. The van der Waals surface area contributed by atoms with Crippen LogP contribution in [0.5, 0.6) is 0 Å². The zero-order valence-electron chi connectivity index (χ0n) is 25.0. The number of sulfonamides is 1. The standard InChI is InChI=1S/C34H29F2N3O4S3/c1-3-43-34(40)29-19-44-33(38-29)26-17-30(24-6-4-5-21(13-24)10-12-25-11-7-20(2)45-25)39(31(26)16-22-8-9-22)18-23-14-27(35)32(28(36)15-23)46(37,41)42/h4-7,11,13-15,17,19,22H,3,8-9,16,18H2,1-2H3,(H2,37,41,42). The van der Waals surface area contributed by atoms with Gasteiger partial charge in [0, 0.05) is 39.3 Å². The zero-order chi connectivity index (χ0) is 32.6. The van der Waals surface area contributed by atoms with Gasteiger partial charge in [-0.1, -0.05) is 24.0 Å². The number of ether oxygens (including phenoxy) is 1. The number of rotatable bonds is 9. The Morgan fingerprint density at radius 1 is 1.11 bits per heavy atom. The quantitative estimate of drug-likeness (QED) is 0.132. The molecule has 0 radical (unpaired) electrons. The Hall–Kier alpha value is -4.15. The molecule has 1 saturated carbocycles. The number of carbonyl (C=O) groups excluding carboxylic acids is 1. The minimum absolute atomic E-state index is 0.0383. The first-order valence-corrected chi connectivity index (χ1v) is 17.8. The van der Waals surface area contributed by atoms with Crippen molar-refractivity contribution in [3.63, 3.8) is 0 Å². The highest BCUT2D eigenvalue weighted by atomic mass is 32.2. The Labute approximate surface area is 273 Å². The van der Waals surface area contributed by atoms with Crippen LogP contribution < -0.4 is 5.14 Å². The van der Waals surface area contributed by atoms with E-state index in [1.54, 1.807) is 23.6 Å². The van der Waals surface area contributed by atoms with Gasteiger partial charge in [0.2, 0.25) is 10.0 Å². The molecule has 0 spiro atoms. The molecule has 236 valence electrons. The van der Waals surface area contributed by atoms with E-state index in [1.165, 1.54) is 16.2 Å². The van der Waals surface area contributed by atoms with Crippen LogP contribution in [0.25, 0.3) is 21.8 Å². The van der Waals surface area contributed by atoms with Crippen molar-refractivity contribution in [2.24, 2.45) is 11.1 Å². The lowest BCUT2D eigenvalue weighted by molar-refractivity contribution is 0.0520. The summed E-state index contributed by atoms with van der Waals surface area (Å²) in [6, 6.07) is 15.7. The van der Waals surface area contributed by atoms with Crippen molar-refractivity contribution in [3.8, 4) is 33.7 Å². The van der Waals surface area contributed by atoms with Crippen molar-refractivity contribution in [1.29, 1.82) is 0 Å². The fourth-order valence-electron chi connectivity index (χ4n) is 5.26. The summed E-state index contributed by atoms with van der Waals surface area (Å²) >= 11 is 2.93. The first-order valence-electron chi connectivity index (χ1n) is 14.5. The number of hydrogen-bond donors (Lipinski definition) is 1. The summed E-state index contributed by atoms with van der Waals surface area (Å²) in [6.07, 6.45) is 2.78. The van der Waals surface area contributed by atoms with E-state index in [2.05, 4.69) is 16.8 Å². The molecular formula is C34H29F2N3O4S3. The Morgan fingerprint density at radius 2 is 1.87 bits per heavy atom. The molecule has 2 N–H and O–H groups in total. The van der Waals surface area contributed by atoms with Crippen molar-refractivity contribution < 1.29 is 26.7 Å². The van der Waals surface area contributed by atoms with Gasteiger partial charge in [0.15, 0.2) is 10.6 Å². The molecule has 6 rings (SSSR count). The van der Waals surface area contributed by atoms with Crippen LogP contribution in [0.3, 0.4) is 0 Å². The van der Waals surface area contributed by atoms with Crippen LogP contribution in [0.2, 0.25) is 0 Å². The highest BCUT2D eigenvalue weighted by molar-refractivity contribution is 7.89. The molecule has 3 aromatic heterocycles. The largest absolute Gasteiger partial charge is 0.461 e. The van der Waals surface area contributed by atoms with Gasteiger partial charge in [-0.25, -0.2) is 32.1 Å². The van der Waals surface area contributed by atoms with Crippen LogP contribution in [0.15, 0.2) is 64.9 Å².